The number of morpholine rings is 1. The molecule has 1 aliphatic rings. The fraction of sp³-hybridized carbons (Fsp3) is 0.250. The Morgan fingerprint density at radius 2 is 1.88 bits per heavy atom. The van der Waals surface area contributed by atoms with E-state index in [1.165, 1.54) is 0 Å². The van der Waals surface area contributed by atoms with Crippen molar-refractivity contribution in [3.05, 3.63) is 30.5 Å². The zero-order valence-electron chi connectivity index (χ0n) is 12.9. The third-order valence-electron chi connectivity index (χ3n) is 3.90. The number of phenols is 1. The first-order chi connectivity index (χ1) is 11.7. The molecule has 0 atom stereocenters. The predicted octanol–water partition coefficient (Wildman–Crippen LogP) is 1.21. The molecule has 4 rings (SSSR count). The third-order valence-corrected chi connectivity index (χ3v) is 3.90. The van der Waals surface area contributed by atoms with E-state index in [-0.39, 0.29) is 11.7 Å². The van der Waals surface area contributed by atoms with Gasteiger partial charge in [0.25, 0.3) is 0 Å². The highest BCUT2D eigenvalue weighted by Gasteiger charge is 2.19. The highest BCUT2D eigenvalue weighted by Crippen LogP contribution is 2.30. The molecule has 0 saturated carbocycles. The van der Waals surface area contributed by atoms with Gasteiger partial charge in [-0.05, 0) is 12.1 Å². The normalized spacial score (nSPS) is 14.9. The average molecular weight is 324 g/mol. The van der Waals surface area contributed by atoms with Gasteiger partial charge in [0.1, 0.15) is 5.75 Å². The lowest BCUT2D eigenvalue weighted by Gasteiger charge is -2.28. The van der Waals surface area contributed by atoms with Crippen LogP contribution >= 0.6 is 0 Å². The van der Waals surface area contributed by atoms with Crippen molar-refractivity contribution in [2.75, 3.05) is 36.9 Å². The molecule has 1 saturated heterocycles. The van der Waals surface area contributed by atoms with Crippen LogP contribution in [0, 0.1) is 0 Å². The van der Waals surface area contributed by atoms with Crippen LogP contribution in [0.25, 0.3) is 22.4 Å². The minimum atomic E-state index is 0.149. The van der Waals surface area contributed by atoms with Gasteiger partial charge in [-0.2, -0.15) is 9.97 Å². The molecule has 1 aromatic carbocycles. The van der Waals surface area contributed by atoms with E-state index in [1.54, 1.807) is 24.4 Å². The first-order valence-electron chi connectivity index (χ1n) is 7.64. The Hall–Kier alpha value is -3.00. The topological polar surface area (TPSA) is 110 Å². The maximum absolute atomic E-state index is 10.1. The first kappa shape index (κ1) is 14.6. The second kappa shape index (κ2) is 5.89. The summed E-state index contributed by atoms with van der Waals surface area (Å²) >= 11 is 0. The van der Waals surface area contributed by atoms with Crippen molar-refractivity contribution < 1.29 is 9.84 Å². The summed E-state index contributed by atoms with van der Waals surface area (Å²) in [5.41, 5.74) is 7.98. The molecule has 0 aliphatic carbocycles. The molecule has 3 N–H and O–H groups in total. The van der Waals surface area contributed by atoms with E-state index in [2.05, 4.69) is 24.8 Å². The van der Waals surface area contributed by atoms with Gasteiger partial charge in [0, 0.05) is 18.7 Å². The van der Waals surface area contributed by atoms with E-state index in [0.29, 0.717) is 54.5 Å². The molecular formula is C16H16N6O2. The number of phenolic OH excluding ortho intramolecular Hbond substituents is 1. The second-order valence-corrected chi connectivity index (χ2v) is 5.45. The number of hydrogen-bond acceptors (Lipinski definition) is 8. The van der Waals surface area contributed by atoms with E-state index in [9.17, 15) is 5.11 Å². The fourth-order valence-corrected chi connectivity index (χ4v) is 2.73. The summed E-state index contributed by atoms with van der Waals surface area (Å²) in [5, 5.41) is 10.1. The fourth-order valence-electron chi connectivity index (χ4n) is 2.73. The third kappa shape index (κ3) is 2.56. The lowest BCUT2D eigenvalue weighted by atomic mass is 10.1. The summed E-state index contributed by atoms with van der Waals surface area (Å²) in [6.45, 7) is 2.65. The first-order valence-corrected chi connectivity index (χ1v) is 7.64. The number of para-hydroxylation sites is 1. The summed E-state index contributed by atoms with van der Waals surface area (Å²) in [6.07, 6.45) is 1.58. The Balaban J connectivity index is 1.88. The number of benzene rings is 1. The van der Waals surface area contributed by atoms with Gasteiger partial charge in [-0.15, -0.1) is 0 Å². The number of nitrogens with zero attached hydrogens (tertiary/aromatic N) is 5. The van der Waals surface area contributed by atoms with Gasteiger partial charge < -0.3 is 20.5 Å². The van der Waals surface area contributed by atoms with E-state index in [1.807, 2.05) is 6.07 Å². The van der Waals surface area contributed by atoms with Crippen LogP contribution < -0.4 is 10.6 Å². The van der Waals surface area contributed by atoms with Crippen molar-refractivity contribution in [2.45, 2.75) is 0 Å². The van der Waals surface area contributed by atoms with Crippen molar-refractivity contribution in [1.82, 2.24) is 19.9 Å². The van der Waals surface area contributed by atoms with Crippen LogP contribution in [0.5, 0.6) is 5.75 Å². The van der Waals surface area contributed by atoms with Crippen molar-refractivity contribution in [3.63, 3.8) is 0 Å². The molecular weight excluding hydrogens is 308 g/mol. The number of anilines is 2. The van der Waals surface area contributed by atoms with Crippen molar-refractivity contribution >= 4 is 22.9 Å². The zero-order chi connectivity index (χ0) is 16.5. The van der Waals surface area contributed by atoms with Gasteiger partial charge in [-0.3, -0.25) is 0 Å². The zero-order valence-corrected chi connectivity index (χ0v) is 12.9. The lowest BCUT2D eigenvalue weighted by molar-refractivity contribution is 0.122. The summed E-state index contributed by atoms with van der Waals surface area (Å²) in [5.74, 6) is 0.953. The molecule has 8 heteroatoms. The average Bonchev–Trinajstić information content (AvgIpc) is 2.62. The molecule has 0 amide bonds. The number of nitrogens with two attached hydrogens (primary N) is 1. The maximum atomic E-state index is 10.1. The smallest absolute Gasteiger partial charge is 0.224 e. The molecule has 0 unspecified atom stereocenters. The van der Waals surface area contributed by atoms with Gasteiger partial charge in [0.2, 0.25) is 5.95 Å². The van der Waals surface area contributed by atoms with Crippen molar-refractivity contribution in [1.29, 1.82) is 0 Å². The number of nitrogen functional groups attached to an aromatic ring is 1. The second-order valence-electron chi connectivity index (χ2n) is 5.45. The molecule has 0 bridgehead atoms. The number of rotatable bonds is 2. The standard InChI is InChI=1S/C16H16N6O2/c17-16-20-14-13(15(21-16)22-5-7-24-8-6-22)19-11(9-18-14)10-3-1-2-4-12(10)23/h1-4,9,23H,5-8H2,(H2,17,18,20,21). The van der Waals surface area contributed by atoms with Gasteiger partial charge >= 0.3 is 0 Å². The quantitative estimate of drug-likeness (QED) is 0.724. The molecule has 3 heterocycles. The van der Waals surface area contributed by atoms with Crippen molar-refractivity contribution in [2.24, 2.45) is 0 Å². The predicted molar refractivity (Wildman–Crippen MR) is 89.7 cm³/mol. The van der Waals surface area contributed by atoms with Gasteiger partial charge in [0.15, 0.2) is 17.0 Å². The highest BCUT2D eigenvalue weighted by molar-refractivity contribution is 5.86. The lowest BCUT2D eigenvalue weighted by Crippen LogP contribution is -2.37. The van der Waals surface area contributed by atoms with Crippen LogP contribution in [0.15, 0.2) is 30.5 Å². The van der Waals surface area contributed by atoms with Gasteiger partial charge in [0.05, 0.1) is 25.1 Å². The van der Waals surface area contributed by atoms with Gasteiger partial charge in [-0.1, -0.05) is 12.1 Å². The molecule has 24 heavy (non-hydrogen) atoms. The summed E-state index contributed by atoms with van der Waals surface area (Å²) in [7, 11) is 0. The number of ether oxygens (including phenoxy) is 1. The minimum absolute atomic E-state index is 0.149. The molecule has 3 aromatic rings. The van der Waals surface area contributed by atoms with E-state index in [4.69, 9.17) is 10.5 Å². The number of hydrogen-bond donors (Lipinski definition) is 2. The molecule has 1 aliphatic heterocycles. The van der Waals surface area contributed by atoms with E-state index < -0.39 is 0 Å². The maximum Gasteiger partial charge on any atom is 0.224 e. The van der Waals surface area contributed by atoms with Crippen LogP contribution in [-0.2, 0) is 4.74 Å². The Kier molecular flexibility index (Phi) is 3.58. The molecule has 8 nitrogen and oxygen atoms in total. The van der Waals surface area contributed by atoms with Crippen LogP contribution in [0.3, 0.4) is 0 Å². The summed E-state index contributed by atoms with van der Waals surface area (Å²) in [4.78, 5) is 19.6. The van der Waals surface area contributed by atoms with Crippen LogP contribution in [0.4, 0.5) is 11.8 Å². The number of fused-ring (bicyclic) bond motifs is 1. The molecule has 0 radical (unpaired) electrons. The van der Waals surface area contributed by atoms with Crippen LogP contribution in [0.1, 0.15) is 0 Å². The molecule has 2 aromatic heterocycles. The Labute approximate surface area is 138 Å². The molecule has 1 fully saturated rings. The minimum Gasteiger partial charge on any atom is -0.507 e. The summed E-state index contributed by atoms with van der Waals surface area (Å²) in [6, 6.07) is 7.00. The van der Waals surface area contributed by atoms with Crippen LogP contribution in [-0.4, -0.2) is 51.3 Å². The molecule has 122 valence electrons. The largest absolute Gasteiger partial charge is 0.507 e. The number of aromatic hydroxyl groups is 1. The van der Waals surface area contributed by atoms with Gasteiger partial charge in [-0.25, -0.2) is 9.97 Å². The Morgan fingerprint density at radius 3 is 2.67 bits per heavy atom. The van der Waals surface area contributed by atoms with Crippen molar-refractivity contribution in [3.8, 4) is 17.0 Å². The van der Waals surface area contributed by atoms with Crippen LogP contribution in [0.2, 0.25) is 0 Å². The highest BCUT2D eigenvalue weighted by atomic mass is 16.5. The monoisotopic (exact) mass is 324 g/mol. The van der Waals surface area contributed by atoms with E-state index >= 15 is 0 Å². The Bertz CT molecular complexity index is 895. The number of aromatic nitrogens is 4. The Morgan fingerprint density at radius 1 is 1.08 bits per heavy atom. The summed E-state index contributed by atoms with van der Waals surface area (Å²) < 4.78 is 5.39. The molecule has 0 spiro atoms. The SMILES string of the molecule is Nc1nc(N2CCOCC2)c2nc(-c3ccccc3O)cnc2n1. The van der Waals surface area contributed by atoms with E-state index in [0.717, 1.165) is 0 Å².